The highest BCUT2D eigenvalue weighted by molar-refractivity contribution is 7.13. The van der Waals surface area contributed by atoms with Gasteiger partial charge in [0.05, 0.1) is 18.2 Å². The van der Waals surface area contributed by atoms with Crippen LogP contribution in [0, 0.1) is 5.41 Å². The molecule has 3 heterocycles. The molecule has 0 saturated carbocycles. The fourth-order valence-electron chi connectivity index (χ4n) is 4.43. The maximum atomic E-state index is 12.8. The van der Waals surface area contributed by atoms with E-state index in [1.165, 1.54) is 0 Å². The summed E-state index contributed by atoms with van der Waals surface area (Å²) in [6.07, 6.45) is 3.08. The van der Waals surface area contributed by atoms with Crippen molar-refractivity contribution in [3.05, 3.63) is 47.0 Å². The van der Waals surface area contributed by atoms with Crippen LogP contribution in [0.2, 0.25) is 0 Å². The van der Waals surface area contributed by atoms with Crippen LogP contribution in [0.15, 0.2) is 35.7 Å². The second-order valence-corrected chi connectivity index (χ2v) is 8.46. The van der Waals surface area contributed by atoms with Gasteiger partial charge in [-0.2, -0.15) is 0 Å². The lowest BCUT2D eigenvalue weighted by Crippen LogP contribution is -2.52. The number of hydrogen-bond donors (Lipinski definition) is 1. The lowest BCUT2D eigenvalue weighted by Gasteiger charge is -2.49. The number of aliphatic hydroxyl groups is 1. The van der Waals surface area contributed by atoms with Crippen LogP contribution in [-0.4, -0.2) is 47.6 Å². The highest BCUT2D eigenvalue weighted by atomic mass is 32.1. The van der Waals surface area contributed by atoms with E-state index in [9.17, 15) is 9.90 Å². The maximum absolute atomic E-state index is 12.8. The van der Waals surface area contributed by atoms with Gasteiger partial charge < -0.3 is 14.9 Å². The number of hydrogen-bond acceptors (Lipinski definition) is 5. The maximum Gasteiger partial charge on any atom is 0.229 e. The first-order chi connectivity index (χ1) is 12.6. The number of aromatic nitrogens is 1. The molecule has 2 aliphatic heterocycles. The van der Waals surface area contributed by atoms with Crippen molar-refractivity contribution < 1.29 is 9.90 Å². The number of aliphatic hydroxyl groups excluding tert-OH is 1. The van der Waals surface area contributed by atoms with Crippen molar-refractivity contribution in [1.82, 2.24) is 9.88 Å². The standard InChI is InChI=1S/C20H25N3O2S/c1-22-14-20(11-17(18(22)25)15-5-3-2-4-6-15)7-9-23(10-8-20)19-21-16(12-24)13-26-19/h2-6,13,17,24H,7-12,14H2,1H3/t17-/m1/s1. The van der Waals surface area contributed by atoms with Crippen LogP contribution >= 0.6 is 11.3 Å². The summed E-state index contributed by atoms with van der Waals surface area (Å²) in [6.45, 7) is 2.77. The third-order valence-corrected chi connectivity index (χ3v) is 6.83. The molecular formula is C20H25N3O2S. The van der Waals surface area contributed by atoms with E-state index >= 15 is 0 Å². The Morgan fingerprint density at radius 1 is 1.27 bits per heavy atom. The summed E-state index contributed by atoms with van der Waals surface area (Å²) in [5.41, 5.74) is 2.08. The highest BCUT2D eigenvalue weighted by Crippen LogP contribution is 2.46. The third-order valence-electron chi connectivity index (χ3n) is 5.88. The largest absolute Gasteiger partial charge is 0.390 e. The monoisotopic (exact) mass is 371 g/mol. The molecule has 0 bridgehead atoms. The Morgan fingerprint density at radius 3 is 2.65 bits per heavy atom. The third kappa shape index (κ3) is 3.23. The van der Waals surface area contributed by atoms with Crippen molar-refractivity contribution in [2.75, 3.05) is 31.6 Å². The zero-order valence-electron chi connectivity index (χ0n) is 15.1. The first-order valence-corrected chi connectivity index (χ1v) is 10.1. The van der Waals surface area contributed by atoms with E-state index in [4.69, 9.17) is 0 Å². The molecule has 1 aromatic heterocycles. The molecule has 2 aromatic rings. The van der Waals surface area contributed by atoms with Gasteiger partial charge in [0.2, 0.25) is 5.91 Å². The van der Waals surface area contributed by atoms with Crippen LogP contribution in [0.1, 0.15) is 36.4 Å². The predicted octanol–water partition coefficient (Wildman–Crippen LogP) is 2.87. The van der Waals surface area contributed by atoms with Gasteiger partial charge in [0.1, 0.15) is 0 Å². The topological polar surface area (TPSA) is 56.7 Å². The molecule has 1 atom stereocenters. The van der Waals surface area contributed by atoms with Gasteiger partial charge in [-0.25, -0.2) is 4.98 Å². The van der Waals surface area contributed by atoms with Crippen LogP contribution in [0.25, 0.3) is 0 Å². The van der Waals surface area contributed by atoms with Gasteiger partial charge in [0.15, 0.2) is 5.13 Å². The molecule has 0 radical (unpaired) electrons. The average Bonchev–Trinajstić information content (AvgIpc) is 3.15. The summed E-state index contributed by atoms with van der Waals surface area (Å²) in [4.78, 5) is 21.5. The smallest absolute Gasteiger partial charge is 0.229 e. The molecule has 2 saturated heterocycles. The van der Waals surface area contributed by atoms with Crippen LogP contribution in [0.4, 0.5) is 5.13 Å². The molecule has 2 fully saturated rings. The van der Waals surface area contributed by atoms with Crippen molar-refractivity contribution in [2.24, 2.45) is 5.41 Å². The number of carbonyl (C=O) groups is 1. The summed E-state index contributed by atoms with van der Waals surface area (Å²) in [6, 6.07) is 10.2. The number of likely N-dealkylation sites (tertiary alicyclic amines) is 1. The lowest BCUT2D eigenvalue weighted by atomic mass is 9.68. The van der Waals surface area contributed by atoms with E-state index < -0.39 is 0 Å². The molecule has 26 heavy (non-hydrogen) atoms. The van der Waals surface area contributed by atoms with E-state index in [1.807, 2.05) is 35.5 Å². The van der Waals surface area contributed by atoms with Crippen LogP contribution in [-0.2, 0) is 11.4 Å². The summed E-state index contributed by atoms with van der Waals surface area (Å²) in [5, 5.41) is 12.2. The number of piperidine rings is 2. The van der Waals surface area contributed by atoms with E-state index in [0.717, 1.165) is 55.3 Å². The Morgan fingerprint density at radius 2 is 2.00 bits per heavy atom. The van der Waals surface area contributed by atoms with Gasteiger partial charge in [-0.1, -0.05) is 30.3 Å². The summed E-state index contributed by atoms with van der Waals surface area (Å²) in [7, 11) is 1.94. The van der Waals surface area contributed by atoms with Crippen molar-refractivity contribution in [3.63, 3.8) is 0 Å². The molecule has 1 amide bonds. The van der Waals surface area contributed by atoms with Gasteiger partial charge in [0.25, 0.3) is 0 Å². The Kier molecular flexibility index (Phi) is 4.71. The molecule has 0 unspecified atom stereocenters. The quantitative estimate of drug-likeness (QED) is 0.901. The molecule has 0 aliphatic carbocycles. The van der Waals surface area contributed by atoms with Gasteiger partial charge in [-0.3, -0.25) is 4.79 Å². The molecule has 5 nitrogen and oxygen atoms in total. The molecule has 1 N–H and O–H groups in total. The zero-order valence-corrected chi connectivity index (χ0v) is 15.9. The number of anilines is 1. The Balaban J connectivity index is 1.49. The highest BCUT2D eigenvalue weighted by Gasteiger charge is 2.45. The van der Waals surface area contributed by atoms with Crippen molar-refractivity contribution >= 4 is 22.4 Å². The van der Waals surface area contributed by atoms with Gasteiger partial charge in [0, 0.05) is 32.1 Å². The van der Waals surface area contributed by atoms with Gasteiger partial charge in [-0.05, 0) is 30.2 Å². The Labute approximate surface area is 158 Å². The molecule has 2 aliphatic rings. The Bertz CT molecular complexity index is 768. The molecular weight excluding hydrogens is 346 g/mol. The molecule has 1 spiro atoms. The number of benzene rings is 1. The number of nitrogens with zero attached hydrogens (tertiary/aromatic N) is 3. The minimum absolute atomic E-state index is 0.0000601. The van der Waals surface area contributed by atoms with E-state index in [-0.39, 0.29) is 23.8 Å². The summed E-state index contributed by atoms with van der Waals surface area (Å²) in [5.74, 6) is 0.221. The second-order valence-electron chi connectivity index (χ2n) is 7.63. The van der Waals surface area contributed by atoms with Crippen LogP contribution in [0.5, 0.6) is 0 Å². The number of rotatable bonds is 3. The molecule has 4 rings (SSSR count). The SMILES string of the molecule is CN1CC2(CCN(c3nc(CO)cs3)CC2)C[C@H](c2ccccc2)C1=O. The normalized spacial score (nSPS) is 22.8. The summed E-state index contributed by atoms with van der Waals surface area (Å²) < 4.78 is 0. The minimum Gasteiger partial charge on any atom is -0.390 e. The summed E-state index contributed by atoms with van der Waals surface area (Å²) >= 11 is 1.60. The predicted molar refractivity (Wildman–Crippen MR) is 103 cm³/mol. The van der Waals surface area contributed by atoms with E-state index in [1.54, 1.807) is 11.3 Å². The average molecular weight is 372 g/mol. The zero-order chi connectivity index (χ0) is 18.1. The second kappa shape index (κ2) is 7.00. The van der Waals surface area contributed by atoms with E-state index in [2.05, 4.69) is 22.0 Å². The molecule has 1 aromatic carbocycles. The molecule has 138 valence electrons. The number of amides is 1. The minimum atomic E-state index is -0.0256. The Hall–Kier alpha value is -1.92. The number of thiazole rings is 1. The number of carbonyl (C=O) groups excluding carboxylic acids is 1. The first kappa shape index (κ1) is 17.5. The van der Waals surface area contributed by atoms with Crippen molar-refractivity contribution in [2.45, 2.75) is 31.8 Å². The first-order valence-electron chi connectivity index (χ1n) is 9.20. The van der Waals surface area contributed by atoms with Crippen molar-refractivity contribution in [1.29, 1.82) is 0 Å². The van der Waals surface area contributed by atoms with Crippen LogP contribution in [0.3, 0.4) is 0 Å². The van der Waals surface area contributed by atoms with E-state index in [0.29, 0.717) is 0 Å². The number of likely N-dealkylation sites (N-methyl/N-ethyl adjacent to an activating group) is 1. The lowest BCUT2D eigenvalue weighted by molar-refractivity contribution is -0.138. The van der Waals surface area contributed by atoms with Gasteiger partial charge >= 0.3 is 0 Å². The molecule has 6 heteroatoms. The van der Waals surface area contributed by atoms with Crippen LogP contribution < -0.4 is 4.90 Å². The fourth-order valence-corrected chi connectivity index (χ4v) is 5.30. The fraction of sp³-hybridized carbons (Fsp3) is 0.500. The van der Waals surface area contributed by atoms with Gasteiger partial charge in [-0.15, -0.1) is 11.3 Å². The van der Waals surface area contributed by atoms with Crippen molar-refractivity contribution in [3.8, 4) is 0 Å².